The van der Waals surface area contributed by atoms with E-state index in [0.717, 1.165) is 16.3 Å². The van der Waals surface area contributed by atoms with E-state index in [1.807, 2.05) is 18.2 Å². The van der Waals surface area contributed by atoms with Gasteiger partial charge < -0.3 is 9.15 Å². The van der Waals surface area contributed by atoms with Gasteiger partial charge in [-0.05, 0) is 29.8 Å². The third kappa shape index (κ3) is 3.65. The minimum atomic E-state index is -0.690. The molecule has 0 saturated carbocycles. The number of anilines is 1. The monoisotopic (exact) mass is 410 g/mol. The molecule has 9 nitrogen and oxygen atoms in total. The average Bonchev–Trinajstić information content (AvgIpc) is 3.39. The van der Waals surface area contributed by atoms with E-state index >= 15 is 0 Å². The van der Waals surface area contributed by atoms with E-state index < -0.39 is 16.7 Å². The third-order valence-corrected chi connectivity index (χ3v) is 5.16. The minimum absolute atomic E-state index is 0.146. The lowest BCUT2D eigenvalue weighted by Crippen LogP contribution is -2.30. The van der Waals surface area contributed by atoms with Crippen LogP contribution in [0.3, 0.4) is 0 Å². The van der Waals surface area contributed by atoms with Gasteiger partial charge in [-0.15, -0.1) is 0 Å². The number of methoxy groups -OCH3 is 1. The summed E-state index contributed by atoms with van der Waals surface area (Å²) in [5, 5.41) is 11.3. The molecular weight excluding hydrogens is 396 g/mol. The molecule has 1 amide bonds. The van der Waals surface area contributed by atoms with Gasteiger partial charge in [0.2, 0.25) is 0 Å². The number of ether oxygens (including phenoxy) is 1. The summed E-state index contributed by atoms with van der Waals surface area (Å²) in [5.74, 6) is -0.597. The van der Waals surface area contributed by atoms with E-state index in [9.17, 15) is 14.9 Å². The van der Waals surface area contributed by atoms with Crippen LogP contribution in [0.1, 0.15) is 16.1 Å². The van der Waals surface area contributed by atoms with Crippen molar-refractivity contribution in [2.45, 2.75) is 6.54 Å². The number of fused-ring (bicyclic) bond motifs is 1. The van der Waals surface area contributed by atoms with Crippen LogP contribution in [0.5, 0.6) is 5.75 Å². The highest BCUT2D eigenvalue weighted by Crippen LogP contribution is 2.35. The number of carbonyl (C=O) groups excluding carboxylic acids is 1. The summed E-state index contributed by atoms with van der Waals surface area (Å²) in [6.45, 7) is 0.170. The van der Waals surface area contributed by atoms with E-state index in [0.29, 0.717) is 16.4 Å². The van der Waals surface area contributed by atoms with Crippen LogP contribution in [-0.2, 0) is 6.54 Å². The van der Waals surface area contributed by atoms with Crippen LogP contribution in [0.2, 0.25) is 0 Å². The van der Waals surface area contributed by atoms with Gasteiger partial charge in [0.1, 0.15) is 16.2 Å². The van der Waals surface area contributed by atoms with E-state index in [4.69, 9.17) is 9.15 Å². The first-order valence-electron chi connectivity index (χ1n) is 8.45. The first kappa shape index (κ1) is 18.6. The van der Waals surface area contributed by atoms with E-state index in [1.165, 1.54) is 22.3 Å². The molecule has 3 heterocycles. The number of aromatic nitrogens is 2. The molecule has 0 atom stereocenters. The third-order valence-electron chi connectivity index (χ3n) is 4.11. The predicted octanol–water partition coefficient (Wildman–Crippen LogP) is 4.05. The summed E-state index contributed by atoms with van der Waals surface area (Å²) >= 11 is 1.31. The quantitative estimate of drug-likeness (QED) is 0.348. The van der Waals surface area contributed by atoms with Crippen molar-refractivity contribution in [2.75, 3.05) is 12.0 Å². The lowest BCUT2D eigenvalue weighted by molar-refractivity contribution is -0.402. The molecule has 4 aromatic rings. The van der Waals surface area contributed by atoms with Gasteiger partial charge in [0.15, 0.2) is 10.9 Å². The smallest absolute Gasteiger partial charge is 0.433 e. The van der Waals surface area contributed by atoms with Crippen molar-refractivity contribution in [2.24, 2.45) is 0 Å². The zero-order valence-corrected chi connectivity index (χ0v) is 16.0. The fourth-order valence-corrected chi connectivity index (χ4v) is 3.75. The molecule has 3 aromatic heterocycles. The van der Waals surface area contributed by atoms with Crippen molar-refractivity contribution in [3.8, 4) is 5.75 Å². The van der Waals surface area contributed by atoms with Crippen molar-refractivity contribution in [3.63, 3.8) is 0 Å². The molecule has 29 heavy (non-hydrogen) atoms. The zero-order valence-electron chi connectivity index (χ0n) is 15.1. The Kier molecular flexibility index (Phi) is 4.92. The minimum Gasteiger partial charge on any atom is -0.494 e. The Balaban J connectivity index is 1.77. The predicted molar refractivity (Wildman–Crippen MR) is 106 cm³/mol. The molecule has 0 fully saturated rings. The molecule has 0 N–H and O–H groups in total. The number of thiazole rings is 1. The Morgan fingerprint density at radius 3 is 2.83 bits per heavy atom. The Labute approximate surface area is 168 Å². The maximum Gasteiger partial charge on any atom is 0.433 e. The maximum absolute atomic E-state index is 13.1. The molecule has 0 aliphatic carbocycles. The number of hydrogen-bond acceptors (Lipinski definition) is 8. The Hall–Kier alpha value is -3.79. The van der Waals surface area contributed by atoms with Crippen LogP contribution in [0.15, 0.2) is 59.3 Å². The van der Waals surface area contributed by atoms with Gasteiger partial charge in [0.05, 0.1) is 24.4 Å². The standard InChI is InChI=1S/C19H14N4O5S/c1-27-13-5-2-6-15-17(13)21-19(29-15)22(11-12-4-3-9-20-10-12)18(24)14-7-8-16(28-14)23(25)26/h2-10H,11H2,1H3. The first-order valence-corrected chi connectivity index (χ1v) is 9.27. The summed E-state index contributed by atoms with van der Waals surface area (Å²) in [6.07, 6.45) is 3.27. The van der Waals surface area contributed by atoms with Crippen molar-refractivity contribution < 1.29 is 18.9 Å². The summed E-state index contributed by atoms with van der Waals surface area (Å²) in [7, 11) is 1.55. The van der Waals surface area contributed by atoms with Gasteiger partial charge in [0.25, 0.3) is 5.91 Å². The summed E-state index contributed by atoms with van der Waals surface area (Å²) < 4.78 is 11.3. The average molecular weight is 410 g/mol. The Morgan fingerprint density at radius 2 is 2.14 bits per heavy atom. The van der Waals surface area contributed by atoms with Crippen molar-refractivity contribution >= 4 is 38.5 Å². The van der Waals surface area contributed by atoms with Crippen LogP contribution in [-0.4, -0.2) is 27.9 Å². The Bertz CT molecular complexity index is 1190. The molecule has 0 aliphatic heterocycles. The molecule has 0 bridgehead atoms. The number of para-hydroxylation sites is 1. The number of nitro groups is 1. The molecule has 1 aromatic carbocycles. The number of carbonyl (C=O) groups is 1. The number of amides is 1. The molecule has 146 valence electrons. The number of furan rings is 1. The van der Waals surface area contributed by atoms with Crippen LogP contribution in [0, 0.1) is 10.1 Å². The summed E-state index contributed by atoms with van der Waals surface area (Å²) in [4.78, 5) is 33.4. The topological polar surface area (TPSA) is 112 Å². The molecule has 0 spiro atoms. The summed E-state index contributed by atoms with van der Waals surface area (Å²) in [5.41, 5.74) is 1.40. The molecule has 0 saturated heterocycles. The van der Waals surface area contributed by atoms with E-state index in [-0.39, 0.29) is 12.3 Å². The van der Waals surface area contributed by atoms with Crippen molar-refractivity contribution in [3.05, 3.63) is 76.3 Å². The second-order valence-electron chi connectivity index (χ2n) is 5.95. The number of benzene rings is 1. The fraction of sp³-hybridized carbons (Fsp3) is 0.105. The normalized spacial score (nSPS) is 10.8. The van der Waals surface area contributed by atoms with Gasteiger partial charge in [0, 0.05) is 12.4 Å². The molecule has 4 rings (SSSR count). The SMILES string of the molecule is COc1cccc2sc(N(Cc3cccnc3)C(=O)c3ccc([N+](=O)[O-])o3)nc12. The lowest BCUT2D eigenvalue weighted by atomic mass is 10.2. The van der Waals surface area contributed by atoms with Gasteiger partial charge in [-0.25, -0.2) is 4.98 Å². The lowest BCUT2D eigenvalue weighted by Gasteiger charge is -2.18. The van der Waals surface area contributed by atoms with Gasteiger partial charge >= 0.3 is 5.88 Å². The van der Waals surface area contributed by atoms with E-state index in [1.54, 1.807) is 31.6 Å². The van der Waals surface area contributed by atoms with Crippen LogP contribution >= 0.6 is 11.3 Å². The second kappa shape index (κ2) is 7.68. The molecule has 0 radical (unpaired) electrons. The number of hydrogen-bond donors (Lipinski definition) is 0. The van der Waals surface area contributed by atoms with Crippen molar-refractivity contribution in [1.29, 1.82) is 0 Å². The van der Waals surface area contributed by atoms with Gasteiger partial charge in [-0.3, -0.25) is 24.8 Å². The first-order chi connectivity index (χ1) is 14.1. The fourth-order valence-electron chi connectivity index (χ4n) is 2.77. The number of pyridine rings is 1. The zero-order chi connectivity index (χ0) is 20.4. The van der Waals surface area contributed by atoms with Crippen molar-refractivity contribution in [1.82, 2.24) is 9.97 Å². The van der Waals surface area contributed by atoms with Crippen LogP contribution in [0.25, 0.3) is 10.2 Å². The number of rotatable bonds is 6. The van der Waals surface area contributed by atoms with Crippen LogP contribution in [0.4, 0.5) is 11.0 Å². The number of nitrogens with zero attached hydrogens (tertiary/aromatic N) is 4. The molecule has 0 aliphatic rings. The molecular formula is C19H14N4O5S. The molecule has 10 heteroatoms. The second-order valence-corrected chi connectivity index (χ2v) is 6.96. The highest BCUT2D eigenvalue weighted by atomic mass is 32.1. The highest BCUT2D eigenvalue weighted by Gasteiger charge is 2.27. The summed E-state index contributed by atoms with van der Waals surface area (Å²) in [6, 6.07) is 11.5. The van der Waals surface area contributed by atoms with E-state index in [2.05, 4.69) is 9.97 Å². The van der Waals surface area contributed by atoms with Crippen LogP contribution < -0.4 is 9.64 Å². The Morgan fingerprint density at radius 1 is 1.28 bits per heavy atom. The molecule has 0 unspecified atom stereocenters. The van der Waals surface area contributed by atoms with Gasteiger partial charge in [-0.2, -0.15) is 0 Å². The maximum atomic E-state index is 13.1. The highest BCUT2D eigenvalue weighted by molar-refractivity contribution is 7.22. The van der Waals surface area contributed by atoms with Gasteiger partial charge in [-0.1, -0.05) is 23.5 Å². The largest absolute Gasteiger partial charge is 0.494 e.